The van der Waals surface area contributed by atoms with Crippen molar-refractivity contribution in [2.75, 3.05) is 44.2 Å². The van der Waals surface area contributed by atoms with Crippen LogP contribution in [0.1, 0.15) is 44.1 Å². The van der Waals surface area contributed by atoms with Crippen LogP contribution < -0.4 is 15.8 Å². The third-order valence-corrected chi connectivity index (χ3v) is 6.69. The highest BCUT2D eigenvalue weighted by atomic mass is 16.2. The van der Waals surface area contributed by atoms with Crippen LogP contribution in [0.5, 0.6) is 0 Å². The second-order valence-electron chi connectivity index (χ2n) is 9.00. The number of piperidine rings is 1. The van der Waals surface area contributed by atoms with E-state index in [1.165, 1.54) is 30.4 Å². The fourth-order valence-electron chi connectivity index (χ4n) is 4.71. The van der Waals surface area contributed by atoms with Crippen molar-refractivity contribution in [1.29, 1.82) is 0 Å². The average molecular weight is 438 g/mol. The van der Waals surface area contributed by atoms with Gasteiger partial charge in [-0.1, -0.05) is 43.2 Å². The summed E-state index contributed by atoms with van der Waals surface area (Å²) in [6.45, 7) is 6.03. The number of likely N-dealkylation sites (tertiary alicyclic amines) is 1. The van der Waals surface area contributed by atoms with E-state index in [0.29, 0.717) is 6.54 Å². The maximum atomic E-state index is 12.6. The van der Waals surface area contributed by atoms with Crippen LogP contribution in [0.25, 0.3) is 0 Å². The maximum Gasteiger partial charge on any atom is 0.269 e. The lowest BCUT2D eigenvalue weighted by Crippen LogP contribution is -2.43. The zero-order chi connectivity index (χ0) is 22.2. The fraction of sp³-hybridized carbons (Fsp3) is 0.560. The molecule has 4 rings (SSSR count). The second kappa shape index (κ2) is 11.3. The Bertz CT molecular complexity index is 913. The predicted molar refractivity (Wildman–Crippen MR) is 127 cm³/mol. The molecule has 32 heavy (non-hydrogen) atoms. The molecule has 0 saturated carbocycles. The second-order valence-corrected chi connectivity index (χ2v) is 9.00. The molecule has 2 aromatic rings. The molecule has 0 radical (unpaired) electrons. The number of nitrogens with zero attached hydrogens (tertiary/aromatic N) is 4. The number of nitrogens with one attached hydrogen (secondary N) is 1. The van der Waals surface area contributed by atoms with Gasteiger partial charge in [-0.15, -0.1) is 0 Å². The average Bonchev–Trinajstić information content (AvgIpc) is 3.10. The molecule has 0 aliphatic carbocycles. The van der Waals surface area contributed by atoms with Crippen LogP contribution in [0.3, 0.4) is 0 Å². The van der Waals surface area contributed by atoms with Crippen molar-refractivity contribution >= 4 is 11.6 Å². The van der Waals surface area contributed by atoms with Crippen LogP contribution >= 0.6 is 0 Å². The molecule has 0 spiro atoms. The lowest BCUT2D eigenvalue weighted by Gasteiger charge is -2.32. The first kappa shape index (κ1) is 22.5. The van der Waals surface area contributed by atoms with Crippen molar-refractivity contribution < 1.29 is 4.79 Å². The number of aromatic nitrogens is 2. The van der Waals surface area contributed by atoms with Crippen LogP contribution in [0, 0.1) is 5.92 Å². The van der Waals surface area contributed by atoms with Crippen molar-refractivity contribution in [3.8, 4) is 0 Å². The predicted octanol–water partition coefficient (Wildman–Crippen LogP) is 2.50. The van der Waals surface area contributed by atoms with E-state index >= 15 is 0 Å². The highest BCUT2D eigenvalue weighted by Crippen LogP contribution is 2.22. The third-order valence-electron chi connectivity index (χ3n) is 6.69. The van der Waals surface area contributed by atoms with Gasteiger partial charge in [-0.2, -0.15) is 5.10 Å². The molecule has 2 aliphatic heterocycles. The zero-order valence-electron chi connectivity index (χ0n) is 18.9. The zero-order valence-corrected chi connectivity index (χ0v) is 18.9. The number of carbonyl (C=O) groups is 1. The molecule has 172 valence electrons. The van der Waals surface area contributed by atoms with Gasteiger partial charge in [0, 0.05) is 38.2 Å². The highest BCUT2D eigenvalue weighted by Gasteiger charge is 2.25. The van der Waals surface area contributed by atoms with E-state index in [1.807, 2.05) is 30.3 Å². The van der Waals surface area contributed by atoms with Gasteiger partial charge in [0.05, 0.1) is 18.4 Å². The Hall–Kier alpha value is -2.67. The van der Waals surface area contributed by atoms with Gasteiger partial charge in [0.2, 0.25) is 5.91 Å². The third kappa shape index (κ3) is 6.19. The summed E-state index contributed by atoms with van der Waals surface area (Å²) in [5.74, 6) is 0.234. The SMILES string of the molecule is O=C(NCCN1CCCCCC1)C1CCN(c2cnn(Cc3ccccc3)c(=O)c2)CC1. The lowest BCUT2D eigenvalue weighted by molar-refractivity contribution is -0.125. The maximum absolute atomic E-state index is 12.6. The number of benzene rings is 1. The standard InChI is InChI=1S/C25H35N5O2/c31-24-18-23(19-27-30(24)20-21-8-4-3-5-9-21)29-15-10-22(11-16-29)25(32)26-12-17-28-13-6-1-2-7-14-28/h3-5,8-9,18-19,22H,1-2,6-7,10-17,20H2,(H,26,32). The van der Waals surface area contributed by atoms with Crippen molar-refractivity contribution in [3.63, 3.8) is 0 Å². The topological polar surface area (TPSA) is 70.5 Å². The summed E-state index contributed by atoms with van der Waals surface area (Å²) in [5, 5.41) is 7.52. The molecule has 7 nitrogen and oxygen atoms in total. The molecule has 0 unspecified atom stereocenters. The number of rotatable bonds is 7. The molecule has 1 aromatic carbocycles. The Morgan fingerprint density at radius 1 is 1.00 bits per heavy atom. The van der Waals surface area contributed by atoms with Gasteiger partial charge in [0.1, 0.15) is 0 Å². The van der Waals surface area contributed by atoms with Gasteiger partial charge >= 0.3 is 0 Å². The van der Waals surface area contributed by atoms with Crippen LogP contribution in [0.4, 0.5) is 5.69 Å². The van der Waals surface area contributed by atoms with E-state index in [2.05, 4.69) is 20.2 Å². The first-order valence-electron chi connectivity index (χ1n) is 12.1. The van der Waals surface area contributed by atoms with Gasteiger partial charge < -0.3 is 15.1 Å². The van der Waals surface area contributed by atoms with Crippen LogP contribution in [0.2, 0.25) is 0 Å². The molecule has 2 saturated heterocycles. The van der Waals surface area contributed by atoms with Crippen molar-refractivity contribution in [3.05, 3.63) is 58.5 Å². The number of amides is 1. The first-order valence-corrected chi connectivity index (χ1v) is 12.1. The molecule has 1 N–H and O–H groups in total. The normalized spacial score (nSPS) is 18.3. The van der Waals surface area contributed by atoms with Gasteiger partial charge in [0.15, 0.2) is 0 Å². The number of carbonyl (C=O) groups excluding carboxylic acids is 1. The minimum atomic E-state index is -0.0975. The van der Waals surface area contributed by atoms with Crippen LogP contribution in [-0.2, 0) is 11.3 Å². The van der Waals surface area contributed by atoms with Gasteiger partial charge in [-0.3, -0.25) is 9.59 Å². The molecular formula is C25H35N5O2. The Balaban J connectivity index is 1.23. The quantitative estimate of drug-likeness (QED) is 0.721. The summed E-state index contributed by atoms with van der Waals surface area (Å²) in [4.78, 5) is 29.8. The molecule has 1 amide bonds. The minimum Gasteiger partial charge on any atom is -0.370 e. The Morgan fingerprint density at radius 2 is 1.72 bits per heavy atom. The minimum absolute atomic E-state index is 0.0572. The largest absolute Gasteiger partial charge is 0.370 e. The number of hydrogen-bond acceptors (Lipinski definition) is 5. The summed E-state index contributed by atoms with van der Waals surface area (Å²) in [6.07, 6.45) is 8.60. The summed E-state index contributed by atoms with van der Waals surface area (Å²) in [6, 6.07) is 11.5. The molecule has 2 fully saturated rings. The summed E-state index contributed by atoms with van der Waals surface area (Å²) in [7, 11) is 0. The highest BCUT2D eigenvalue weighted by molar-refractivity contribution is 5.79. The van der Waals surface area contributed by atoms with E-state index in [1.54, 1.807) is 12.3 Å². The van der Waals surface area contributed by atoms with E-state index in [0.717, 1.165) is 63.4 Å². The lowest BCUT2D eigenvalue weighted by atomic mass is 9.95. The Kier molecular flexibility index (Phi) is 7.93. The van der Waals surface area contributed by atoms with E-state index in [-0.39, 0.29) is 17.4 Å². The molecule has 0 bridgehead atoms. The monoisotopic (exact) mass is 437 g/mol. The summed E-state index contributed by atoms with van der Waals surface area (Å²) >= 11 is 0. The molecule has 0 atom stereocenters. The number of anilines is 1. The van der Waals surface area contributed by atoms with Gasteiger partial charge in [-0.05, 0) is 44.3 Å². The Labute approximate surface area is 190 Å². The van der Waals surface area contributed by atoms with Crippen LogP contribution in [-0.4, -0.2) is 59.9 Å². The fourth-order valence-corrected chi connectivity index (χ4v) is 4.71. The van der Waals surface area contributed by atoms with E-state index in [9.17, 15) is 9.59 Å². The summed E-state index contributed by atoms with van der Waals surface area (Å²) < 4.78 is 1.49. The smallest absolute Gasteiger partial charge is 0.269 e. The van der Waals surface area contributed by atoms with Gasteiger partial charge in [-0.25, -0.2) is 4.68 Å². The van der Waals surface area contributed by atoms with E-state index < -0.39 is 0 Å². The van der Waals surface area contributed by atoms with E-state index in [4.69, 9.17) is 0 Å². The summed E-state index contributed by atoms with van der Waals surface area (Å²) in [5.41, 5.74) is 1.80. The molecule has 2 aliphatic rings. The van der Waals surface area contributed by atoms with Crippen molar-refractivity contribution in [1.82, 2.24) is 20.0 Å². The molecule has 1 aromatic heterocycles. The van der Waals surface area contributed by atoms with Crippen molar-refractivity contribution in [2.24, 2.45) is 5.92 Å². The Morgan fingerprint density at radius 3 is 2.41 bits per heavy atom. The van der Waals surface area contributed by atoms with Gasteiger partial charge in [0.25, 0.3) is 5.56 Å². The first-order chi connectivity index (χ1) is 15.7. The van der Waals surface area contributed by atoms with Crippen LogP contribution in [0.15, 0.2) is 47.4 Å². The van der Waals surface area contributed by atoms with Crippen molar-refractivity contribution in [2.45, 2.75) is 45.1 Å². The number of hydrogen-bond donors (Lipinski definition) is 1. The molecule has 7 heteroatoms. The molecule has 3 heterocycles. The molecular weight excluding hydrogens is 402 g/mol.